The highest BCUT2D eigenvalue weighted by Gasteiger charge is 2.16. The summed E-state index contributed by atoms with van der Waals surface area (Å²) >= 11 is 1.28. The molecule has 0 atom stereocenters. The highest BCUT2D eigenvalue weighted by Crippen LogP contribution is 2.11. The predicted molar refractivity (Wildman–Crippen MR) is 103 cm³/mol. The standard InChI is InChI=1S/C18H25N3O5S/c1-25-15-4-2-14(3-5-15)18(24)20-7-6-19-16(22)12-27-13-17(23)21-8-10-26-11-9-21/h2-5H,6-13H2,1H3,(H,19,22)(H,20,24). The van der Waals surface area contributed by atoms with Gasteiger partial charge >= 0.3 is 0 Å². The van der Waals surface area contributed by atoms with E-state index in [1.807, 2.05) is 0 Å². The highest BCUT2D eigenvalue weighted by molar-refractivity contribution is 8.00. The Kier molecular flexibility index (Phi) is 8.93. The van der Waals surface area contributed by atoms with Gasteiger partial charge in [0.2, 0.25) is 11.8 Å². The number of methoxy groups -OCH3 is 1. The smallest absolute Gasteiger partial charge is 0.251 e. The van der Waals surface area contributed by atoms with E-state index in [4.69, 9.17) is 9.47 Å². The van der Waals surface area contributed by atoms with Crippen LogP contribution in [-0.4, -0.2) is 80.6 Å². The highest BCUT2D eigenvalue weighted by atomic mass is 32.2. The molecule has 2 rings (SSSR count). The van der Waals surface area contributed by atoms with Crippen molar-refractivity contribution in [1.29, 1.82) is 0 Å². The van der Waals surface area contributed by atoms with Crippen LogP contribution in [0.1, 0.15) is 10.4 Å². The summed E-state index contributed by atoms with van der Waals surface area (Å²) in [6.45, 7) is 3.02. The largest absolute Gasteiger partial charge is 0.497 e. The number of morpholine rings is 1. The Morgan fingerprint density at radius 1 is 1.07 bits per heavy atom. The number of ether oxygens (including phenoxy) is 2. The van der Waals surface area contributed by atoms with Crippen molar-refractivity contribution in [2.24, 2.45) is 0 Å². The molecule has 0 spiro atoms. The van der Waals surface area contributed by atoms with Gasteiger partial charge in [0.15, 0.2) is 0 Å². The fourth-order valence-electron chi connectivity index (χ4n) is 2.41. The van der Waals surface area contributed by atoms with Crippen LogP contribution in [0.3, 0.4) is 0 Å². The van der Waals surface area contributed by atoms with Crippen molar-refractivity contribution in [2.45, 2.75) is 0 Å². The first-order chi connectivity index (χ1) is 13.1. The van der Waals surface area contributed by atoms with Gasteiger partial charge in [0.25, 0.3) is 5.91 Å². The maximum absolute atomic E-state index is 12.0. The Labute approximate surface area is 162 Å². The van der Waals surface area contributed by atoms with E-state index in [1.165, 1.54) is 11.8 Å². The van der Waals surface area contributed by atoms with Gasteiger partial charge in [0.05, 0.1) is 31.8 Å². The third-order valence-electron chi connectivity index (χ3n) is 3.91. The second kappa shape index (κ2) is 11.5. The molecule has 1 saturated heterocycles. The third-order valence-corrected chi connectivity index (χ3v) is 4.82. The summed E-state index contributed by atoms with van der Waals surface area (Å²) in [5.74, 6) is 0.835. The minimum atomic E-state index is -0.211. The normalized spacial score (nSPS) is 13.7. The minimum Gasteiger partial charge on any atom is -0.497 e. The molecular formula is C18H25N3O5S. The molecule has 1 aliphatic heterocycles. The van der Waals surface area contributed by atoms with Crippen LogP contribution in [-0.2, 0) is 14.3 Å². The SMILES string of the molecule is COc1ccc(C(=O)NCCNC(=O)CSCC(=O)N2CCOCC2)cc1. The lowest BCUT2D eigenvalue weighted by Gasteiger charge is -2.26. The van der Waals surface area contributed by atoms with Crippen molar-refractivity contribution < 1.29 is 23.9 Å². The molecule has 3 amide bonds. The maximum atomic E-state index is 12.0. The number of benzene rings is 1. The molecule has 27 heavy (non-hydrogen) atoms. The molecule has 0 aliphatic carbocycles. The summed E-state index contributed by atoms with van der Waals surface area (Å²) in [5.41, 5.74) is 0.527. The van der Waals surface area contributed by atoms with Gasteiger partial charge < -0.3 is 25.0 Å². The molecule has 1 aromatic rings. The van der Waals surface area contributed by atoms with E-state index in [1.54, 1.807) is 36.3 Å². The Balaban J connectivity index is 1.54. The molecule has 0 unspecified atom stereocenters. The molecule has 0 aromatic heterocycles. The van der Waals surface area contributed by atoms with Crippen molar-refractivity contribution in [3.63, 3.8) is 0 Å². The van der Waals surface area contributed by atoms with Crippen molar-refractivity contribution in [2.75, 3.05) is 58.0 Å². The minimum absolute atomic E-state index is 0.0304. The molecule has 0 saturated carbocycles. The molecule has 8 nitrogen and oxygen atoms in total. The molecule has 0 bridgehead atoms. The van der Waals surface area contributed by atoms with Gasteiger partial charge in [0, 0.05) is 31.7 Å². The lowest BCUT2D eigenvalue weighted by atomic mass is 10.2. The Bertz CT molecular complexity index is 632. The molecular weight excluding hydrogens is 370 g/mol. The van der Waals surface area contributed by atoms with Gasteiger partial charge in [-0.15, -0.1) is 11.8 Å². The quantitative estimate of drug-likeness (QED) is 0.577. The molecule has 1 aliphatic rings. The summed E-state index contributed by atoms with van der Waals surface area (Å²) in [6.07, 6.45) is 0. The zero-order valence-electron chi connectivity index (χ0n) is 15.4. The van der Waals surface area contributed by atoms with E-state index in [0.29, 0.717) is 50.7 Å². The van der Waals surface area contributed by atoms with Crippen molar-refractivity contribution >= 4 is 29.5 Å². The molecule has 1 fully saturated rings. The van der Waals surface area contributed by atoms with E-state index in [9.17, 15) is 14.4 Å². The number of amides is 3. The van der Waals surface area contributed by atoms with Crippen LogP contribution in [0.5, 0.6) is 5.75 Å². The van der Waals surface area contributed by atoms with E-state index in [-0.39, 0.29) is 29.2 Å². The Morgan fingerprint density at radius 3 is 2.41 bits per heavy atom. The first-order valence-corrected chi connectivity index (χ1v) is 9.88. The second-order valence-electron chi connectivity index (χ2n) is 5.82. The van der Waals surface area contributed by atoms with Gasteiger partial charge in [-0.05, 0) is 24.3 Å². The van der Waals surface area contributed by atoms with Crippen molar-refractivity contribution in [3.8, 4) is 5.75 Å². The molecule has 1 heterocycles. The number of thioether (sulfide) groups is 1. The topological polar surface area (TPSA) is 97.0 Å². The lowest BCUT2D eigenvalue weighted by Crippen LogP contribution is -2.41. The number of nitrogens with one attached hydrogen (secondary N) is 2. The first kappa shape index (κ1) is 21.0. The third kappa shape index (κ3) is 7.48. The number of hydrogen-bond acceptors (Lipinski definition) is 6. The van der Waals surface area contributed by atoms with E-state index < -0.39 is 0 Å². The average Bonchev–Trinajstić information content (AvgIpc) is 2.71. The molecule has 148 valence electrons. The number of carbonyl (C=O) groups is 3. The summed E-state index contributed by atoms with van der Waals surface area (Å²) in [4.78, 5) is 37.5. The van der Waals surface area contributed by atoms with E-state index >= 15 is 0 Å². The van der Waals surface area contributed by atoms with E-state index in [2.05, 4.69) is 10.6 Å². The van der Waals surface area contributed by atoms with Gasteiger partial charge in [0.1, 0.15) is 5.75 Å². The zero-order valence-corrected chi connectivity index (χ0v) is 16.2. The fraction of sp³-hybridized carbons (Fsp3) is 0.500. The number of hydrogen-bond donors (Lipinski definition) is 2. The van der Waals surface area contributed by atoms with Gasteiger partial charge in [-0.1, -0.05) is 0 Å². The van der Waals surface area contributed by atoms with Gasteiger partial charge in [-0.2, -0.15) is 0 Å². The second-order valence-corrected chi connectivity index (χ2v) is 6.81. The summed E-state index contributed by atoms with van der Waals surface area (Å²) in [6, 6.07) is 6.78. The number of rotatable bonds is 9. The van der Waals surface area contributed by atoms with Crippen LogP contribution in [0, 0.1) is 0 Å². The van der Waals surface area contributed by atoms with Crippen LogP contribution >= 0.6 is 11.8 Å². The van der Waals surface area contributed by atoms with Crippen molar-refractivity contribution in [1.82, 2.24) is 15.5 Å². The fourth-order valence-corrected chi connectivity index (χ4v) is 3.16. The van der Waals surface area contributed by atoms with Crippen molar-refractivity contribution in [3.05, 3.63) is 29.8 Å². The van der Waals surface area contributed by atoms with Gasteiger partial charge in [-0.3, -0.25) is 14.4 Å². The molecule has 9 heteroatoms. The van der Waals surface area contributed by atoms with Crippen LogP contribution in [0.2, 0.25) is 0 Å². The Hall–Kier alpha value is -2.26. The molecule has 1 aromatic carbocycles. The molecule has 0 radical (unpaired) electrons. The lowest BCUT2D eigenvalue weighted by molar-refractivity contribution is -0.132. The van der Waals surface area contributed by atoms with Crippen LogP contribution < -0.4 is 15.4 Å². The number of nitrogens with zero attached hydrogens (tertiary/aromatic N) is 1. The monoisotopic (exact) mass is 395 g/mol. The van der Waals surface area contributed by atoms with Crippen LogP contribution in [0.15, 0.2) is 24.3 Å². The zero-order chi connectivity index (χ0) is 19.5. The Morgan fingerprint density at radius 2 is 1.74 bits per heavy atom. The van der Waals surface area contributed by atoms with Crippen LogP contribution in [0.4, 0.5) is 0 Å². The van der Waals surface area contributed by atoms with Gasteiger partial charge in [-0.25, -0.2) is 0 Å². The molecule has 2 N–H and O–H groups in total. The summed E-state index contributed by atoms with van der Waals surface area (Å²) < 4.78 is 10.2. The summed E-state index contributed by atoms with van der Waals surface area (Å²) in [7, 11) is 1.56. The summed E-state index contributed by atoms with van der Waals surface area (Å²) in [5, 5.41) is 5.46. The van der Waals surface area contributed by atoms with Crippen LogP contribution in [0.25, 0.3) is 0 Å². The average molecular weight is 395 g/mol. The van der Waals surface area contributed by atoms with E-state index in [0.717, 1.165) is 0 Å². The predicted octanol–water partition coefficient (Wildman–Crippen LogP) is 0.133. The number of carbonyl (C=O) groups excluding carboxylic acids is 3. The first-order valence-electron chi connectivity index (χ1n) is 8.72. The maximum Gasteiger partial charge on any atom is 0.251 e.